The van der Waals surface area contributed by atoms with Crippen LogP contribution in [-0.2, 0) is 6.54 Å². The minimum atomic E-state index is -0.183. The van der Waals surface area contributed by atoms with Crippen molar-refractivity contribution in [2.45, 2.75) is 13.0 Å². The van der Waals surface area contributed by atoms with Gasteiger partial charge in [0, 0.05) is 29.4 Å². The van der Waals surface area contributed by atoms with Gasteiger partial charge in [0.25, 0.3) is 11.8 Å². The van der Waals surface area contributed by atoms with E-state index in [1.54, 1.807) is 60.5 Å². The molecule has 0 bridgehead atoms. The van der Waals surface area contributed by atoms with Crippen LogP contribution in [0.3, 0.4) is 0 Å². The van der Waals surface area contributed by atoms with Crippen LogP contribution in [-0.4, -0.2) is 36.9 Å². The fourth-order valence-corrected chi connectivity index (χ4v) is 3.83. The average Bonchev–Trinajstić information content (AvgIpc) is 3.33. The van der Waals surface area contributed by atoms with E-state index >= 15 is 0 Å². The fourth-order valence-electron chi connectivity index (χ4n) is 3.03. The molecule has 0 unspecified atom stereocenters. The fraction of sp³-hybridized carbons (Fsp3) is 0.217. The van der Waals surface area contributed by atoms with Gasteiger partial charge in [0.15, 0.2) is 0 Å². The maximum absolute atomic E-state index is 13.1. The van der Waals surface area contributed by atoms with Gasteiger partial charge in [-0.1, -0.05) is 17.7 Å². The van der Waals surface area contributed by atoms with Crippen LogP contribution >= 0.6 is 22.9 Å². The number of carbonyl (C=O) groups excluding carboxylic acids is 2. The van der Waals surface area contributed by atoms with E-state index < -0.39 is 0 Å². The zero-order chi connectivity index (χ0) is 22.2. The van der Waals surface area contributed by atoms with Gasteiger partial charge in [-0.2, -0.15) is 0 Å². The molecule has 2 aromatic carbocycles. The lowest BCUT2D eigenvalue weighted by Crippen LogP contribution is -2.32. The smallest absolute Gasteiger partial charge is 0.265 e. The Morgan fingerprint density at radius 3 is 2.58 bits per heavy atom. The summed E-state index contributed by atoms with van der Waals surface area (Å²) in [6, 6.07) is 15.8. The third kappa shape index (κ3) is 6.07. The van der Waals surface area contributed by atoms with Gasteiger partial charge in [-0.3, -0.25) is 9.59 Å². The predicted molar refractivity (Wildman–Crippen MR) is 125 cm³/mol. The van der Waals surface area contributed by atoms with Crippen molar-refractivity contribution in [2.75, 3.05) is 25.5 Å². The Kier molecular flexibility index (Phi) is 8.06. The van der Waals surface area contributed by atoms with E-state index in [0.29, 0.717) is 53.0 Å². The number of hydrogen-bond acceptors (Lipinski definition) is 5. The number of ether oxygens (including phenoxy) is 1. The van der Waals surface area contributed by atoms with E-state index in [-0.39, 0.29) is 11.8 Å². The van der Waals surface area contributed by atoms with Gasteiger partial charge in [0.1, 0.15) is 5.75 Å². The first-order valence-corrected chi connectivity index (χ1v) is 11.0. The summed E-state index contributed by atoms with van der Waals surface area (Å²) in [6.45, 7) is 1.26. The summed E-state index contributed by atoms with van der Waals surface area (Å²) in [5.74, 6) is 0.375. The van der Waals surface area contributed by atoms with E-state index in [9.17, 15) is 9.59 Å². The molecule has 0 spiro atoms. The molecular formula is C23H24ClN3O3S. The molecular weight excluding hydrogens is 434 g/mol. The Balaban J connectivity index is 1.79. The molecule has 31 heavy (non-hydrogen) atoms. The van der Waals surface area contributed by atoms with Crippen molar-refractivity contribution in [1.82, 2.24) is 4.90 Å². The summed E-state index contributed by atoms with van der Waals surface area (Å²) in [5.41, 5.74) is 7.59. The Hall–Kier alpha value is -2.87. The molecule has 3 rings (SSSR count). The molecule has 2 amide bonds. The number of carbonyl (C=O) groups is 2. The van der Waals surface area contributed by atoms with Gasteiger partial charge >= 0.3 is 0 Å². The number of hydrogen-bond donors (Lipinski definition) is 2. The van der Waals surface area contributed by atoms with Crippen molar-refractivity contribution in [3.63, 3.8) is 0 Å². The summed E-state index contributed by atoms with van der Waals surface area (Å²) < 4.78 is 5.16. The molecule has 0 aliphatic heterocycles. The molecule has 1 heterocycles. The lowest BCUT2D eigenvalue weighted by molar-refractivity contribution is 0.0742. The molecule has 0 radical (unpaired) electrons. The number of nitrogens with two attached hydrogens (primary N) is 1. The third-order valence-corrected chi connectivity index (χ3v) is 5.90. The van der Waals surface area contributed by atoms with Crippen molar-refractivity contribution in [3.8, 4) is 5.75 Å². The summed E-state index contributed by atoms with van der Waals surface area (Å²) in [6.07, 6.45) is 0.661. The highest BCUT2D eigenvalue weighted by atomic mass is 35.5. The monoisotopic (exact) mass is 457 g/mol. The van der Waals surface area contributed by atoms with Crippen LogP contribution in [0.15, 0.2) is 60.0 Å². The number of amides is 2. The summed E-state index contributed by atoms with van der Waals surface area (Å²) in [5, 5.41) is 5.25. The largest absolute Gasteiger partial charge is 0.497 e. The van der Waals surface area contributed by atoms with Gasteiger partial charge in [0.2, 0.25) is 0 Å². The minimum absolute atomic E-state index is 0.125. The molecule has 0 aliphatic rings. The summed E-state index contributed by atoms with van der Waals surface area (Å²) in [7, 11) is 1.58. The molecule has 0 atom stereocenters. The Morgan fingerprint density at radius 2 is 1.94 bits per heavy atom. The SMILES string of the molecule is COc1ccc(C(=O)N(CCCN)Cc2cc(NC(=O)c3cccs3)ccc2Cl)cc1. The van der Waals surface area contributed by atoms with E-state index in [2.05, 4.69) is 5.32 Å². The number of methoxy groups -OCH3 is 1. The Labute approximate surface area is 190 Å². The molecule has 0 aliphatic carbocycles. The molecule has 3 N–H and O–H groups in total. The Bertz CT molecular complexity index is 1020. The van der Waals surface area contributed by atoms with Gasteiger partial charge in [-0.05, 0) is 72.4 Å². The molecule has 0 saturated heterocycles. The molecule has 162 valence electrons. The van der Waals surface area contributed by atoms with Crippen LogP contribution in [0.1, 0.15) is 32.0 Å². The van der Waals surface area contributed by atoms with Crippen LogP contribution in [0.5, 0.6) is 5.75 Å². The molecule has 0 fully saturated rings. The maximum atomic E-state index is 13.1. The summed E-state index contributed by atoms with van der Waals surface area (Å²) in [4.78, 5) is 27.8. The second-order valence-electron chi connectivity index (χ2n) is 6.84. The predicted octanol–water partition coefficient (Wildman–Crippen LogP) is 4.65. The standard InChI is InChI=1S/C23H24ClN3O3S/c1-30-19-8-5-16(6-9-19)23(29)27(12-3-11-25)15-17-14-18(7-10-20(17)24)26-22(28)21-4-2-13-31-21/h2,4-10,13-14H,3,11-12,15,25H2,1H3,(H,26,28). The van der Waals surface area contributed by atoms with Gasteiger partial charge in [-0.25, -0.2) is 0 Å². The normalized spacial score (nSPS) is 10.5. The molecule has 0 saturated carbocycles. The minimum Gasteiger partial charge on any atom is -0.497 e. The van der Waals surface area contributed by atoms with Crippen molar-refractivity contribution in [2.24, 2.45) is 5.73 Å². The van der Waals surface area contributed by atoms with E-state index in [4.69, 9.17) is 22.1 Å². The third-order valence-electron chi connectivity index (χ3n) is 4.67. The topological polar surface area (TPSA) is 84.7 Å². The number of halogens is 1. The van der Waals surface area contributed by atoms with Gasteiger partial charge in [-0.15, -0.1) is 11.3 Å². The van der Waals surface area contributed by atoms with Crippen molar-refractivity contribution < 1.29 is 14.3 Å². The second-order valence-corrected chi connectivity index (χ2v) is 8.19. The van der Waals surface area contributed by atoms with Crippen LogP contribution in [0.4, 0.5) is 5.69 Å². The van der Waals surface area contributed by atoms with Crippen LogP contribution in [0.2, 0.25) is 5.02 Å². The zero-order valence-electron chi connectivity index (χ0n) is 17.1. The number of anilines is 1. The van der Waals surface area contributed by atoms with Crippen molar-refractivity contribution in [3.05, 3.63) is 81.0 Å². The molecule has 3 aromatic rings. The van der Waals surface area contributed by atoms with Gasteiger partial charge in [0.05, 0.1) is 12.0 Å². The van der Waals surface area contributed by atoms with Crippen LogP contribution < -0.4 is 15.8 Å². The summed E-state index contributed by atoms with van der Waals surface area (Å²) >= 11 is 7.78. The van der Waals surface area contributed by atoms with Crippen molar-refractivity contribution in [1.29, 1.82) is 0 Å². The highest BCUT2D eigenvalue weighted by Gasteiger charge is 2.18. The lowest BCUT2D eigenvalue weighted by Gasteiger charge is -2.24. The van der Waals surface area contributed by atoms with Crippen molar-refractivity contribution >= 4 is 40.4 Å². The highest BCUT2D eigenvalue weighted by molar-refractivity contribution is 7.12. The number of thiophene rings is 1. The van der Waals surface area contributed by atoms with E-state index in [1.807, 2.05) is 11.4 Å². The number of nitrogens with zero attached hydrogens (tertiary/aromatic N) is 1. The number of nitrogens with one attached hydrogen (secondary N) is 1. The van der Waals surface area contributed by atoms with Crippen LogP contribution in [0, 0.1) is 0 Å². The molecule has 6 nitrogen and oxygen atoms in total. The highest BCUT2D eigenvalue weighted by Crippen LogP contribution is 2.24. The van der Waals surface area contributed by atoms with Crippen LogP contribution in [0.25, 0.3) is 0 Å². The quantitative estimate of drug-likeness (QED) is 0.489. The Morgan fingerprint density at radius 1 is 1.16 bits per heavy atom. The first kappa shape index (κ1) is 22.8. The lowest BCUT2D eigenvalue weighted by atomic mass is 10.1. The average molecular weight is 458 g/mol. The first-order chi connectivity index (χ1) is 15.0. The first-order valence-electron chi connectivity index (χ1n) is 9.78. The number of benzene rings is 2. The second kappa shape index (κ2) is 10.9. The van der Waals surface area contributed by atoms with E-state index in [0.717, 1.165) is 5.56 Å². The molecule has 8 heteroatoms. The molecule has 1 aromatic heterocycles. The zero-order valence-corrected chi connectivity index (χ0v) is 18.7. The van der Waals surface area contributed by atoms with Gasteiger partial charge < -0.3 is 20.7 Å². The maximum Gasteiger partial charge on any atom is 0.265 e. The van der Waals surface area contributed by atoms with E-state index in [1.165, 1.54) is 11.3 Å². The number of rotatable bonds is 9.